The molecule has 0 bridgehead atoms. The summed E-state index contributed by atoms with van der Waals surface area (Å²) in [5.74, 6) is -0.786. The third-order valence-corrected chi connectivity index (χ3v) is 3.35. The van der Waals surface area contributed by atoms with Crippen molar-refractivity contribution in [3.8, 4) is 0 Å². The fourth-order valence-electron chi connectivity index (χ4n) is 1.28. The summed E-state index contributed by atoms with van der Waals surface area (Å²) in [6.45, 7) is 1.75. The fraction of sp³-hybridized carbons (Fsp3) is 0.0909. The first kappa shape index (κ1) is 12.0. The highest BCUT2D eigenvalue weighted by molar-refractivity contribution is 7.12. The van der Waals surface area contributed by atoms with Crippen molar-refractivity contribution in [2.45, 2.75) is 6.92 Å². The molecular formula is C11H8ClFN2OS. The van der Waals surface area contributed by atoms with E-state index in [1.807, 2.05) is 0 Å². The topological polar surface area (TPSA) is 42.0 Å². The van der Waals surface area contributed by atoms with E-state index < -0.39 is 5.82 Å². The number of carbonyl (C=O) groups excluding carboxylic acids is 1. The van der Waals surface area contributed by atoms with Gasteiger partial charge < -0.3 is 5.32 Å². The highest BCUT2D eigenvalue weighted by atomic mass is 35.5. The van der Waals surface area contributed by atoms with Crippen LogP contribution in [0, 0.1) is 12.7 Å². The number of benzene rings is 1. The summed E-state index contributed by atoms with van der Waals surface area (Å²) < 4.78 is 12.9. The third-order valence-electron chi connectivity index (χ3n) is 2.13. The molecule has 0 unspecified atom stereocenters. The van der Waals surface area contributed by atoms with E-state index in [0.717, 1.165) is 0 Å². The maximum atomic E-state index is 12.9. The van der Waals surface area contributed by atoms with E-state index >= 15 is 0 Å². The van der Waals surface area contributed by atoms with Crippen LogP contribution in [0.5, 0.6) is 0 Å². The summed E-state index contributed by atoms with van der Waals surface area (Å²) in [5, 5.41) is 2.61. The van der Waals surface area contributed by atoms with Gasteiger partial charge in [0, 0.05) is 5.69 Å². The molecule has 3 nitrogen and oxygen atoms in total. The Morgan fingerprint density at radius 1 is 1.53 bits per heavy atom. The van der Waals surface area contributed by atoms with Crippen LogP contribution in [-0.2, 0) is 0 Å². The number of nitrogens with one attached hydrogen (secondary N) is 1. The van der Waals surface area contributed by atoms with Gasteiger partial charge >= 0.3 is 0 Å². The van der Waals surface area contributed by atoms with E-state index in [0.29, 0.717) is 16.3 Å². The van der Waals surface area contributed by atoms with Crippen molar-refractivity contribution >= 4 is 34.5 Å². The van der Waals surface area contributed by atoms with E-state index in [1.165, 1.54) is 29.5 Å². The van der Waals surface area contributed by atoms with Crippen LogP contribution in [-0.4, -0.2) is 10.9 Å². The van der Waals surface area contributed by atoms with Crippen molar-refractivity contribution in [1.82, 2.24) is 4.98 Å². The molecule has 6 heteroatoms. The summed E-state index contributed by atoms with van der Waals surface area (Å²) in [4.78, 5) is 16.3. The lowest BCUT2D eigenvalue weighted by atomic mass is 10.3. The predicted octanol–water partition coefficient (Wildman–Crippen LogP) is 3.50. The van der Waals surface area contributed by atoms with Gasteiger partial charge in [0.25, 0.3) is 5.91 Å². The van der Waals surface area contributed by atoms with Gasteiger partial charge in [-0.25, -0.2) is 9.37 Å². The molecule has 0 saturated carbocycles. The van der Waals surface area contributed by atoms with Crippen LogP contribution >= 0.6 is 22.9 Å². The van der Waals surface area contributed by atoms with Gasteiger partial charge in [0.1, 0.15) is 10.7 Å². The van der Waals surface area contributed by atoms with Crippen molar-refractivity contribution in [2.75, 3.05) is 5.32 Å². The molecule has 0 aliphatic rings. The van der Waals surface area contributed by atoms with Crippen LogP contribution in [0.3, 0.4) is 0 Å². The maximum absolute atomic E-state index is 12.9. The van der Waals surface area contributed by atoms with Gasteiger partial charge in [-0.15, -0.1) is 11.3 Å². The van der Waals surface area contributed by atoms with E-state index in [2.05, 4.69) is 10.3 Å². The zero-order valence-corrected chi connectivity index (χ0v) is 10.4. The number of amides is 1. The van der Waals surface area contributed by atoms with E-state index in [-0.39, 0.29) is 10.9 Å². The number of anilines is 1. The van der Waals surface area contributed by atoms with Crippen LogP contribution < -0.4 is 5.32 Å². The molecule has 1 aromatic carbocycles. The number of thiazole rings is 1. The van der Waals surface area contributed by atoms with Crippen LogP contribution in [0.2, 0.25) is 5.02 Å². The minimum absolute atomic E-state index is 0.0242. The van der Waals surface area contributed by atoms with Crippen LogP contribution in [0.15, 0.2) is 23.7 Å². The van der Waals surface area contributed by atoms with Crippen molar-refractivity contribution in [1.29, 1.82) is 0 Å². The Bertz CT molecular complexity index is 570. The Morgan fingerprint density at radius 3 is 2.88 bits per heavy atom. The van der Waals surface area contributed by atoms with E-state index in [9.17, 15) is 9.18 Å². The third kappa shape index (κ3) is 2.62. The molecule has 0 atom stereocenters. The molecule has 0 aliphatic heterocycles. The van der Waals surface area contributed by atoms with Gasteiger partial charge in [0.2, 0.25) is 0 Å². The number of halogens is 2. The lowest BCUT2D eigenvalue weighted by molar-refractivity contribution is 0.103. The van der Waals surface area contributed by atoms with Gasteiger partial charge in [-0.2, -0.15) is 0 Å². The highest BCUT2D eigenvalue weighted by Gasteiger charge is 2.12. The minimum atomic E-state index is -0.515. The second kappa shape index (κ2) is 4.81. The molecular weight excluding hydrogens is 263 g/mol. The molecule has 0 saturated heterocycles. The van der Waals surface area contributed by atoms with Crippen molar-refractivity contribution in [3.05, 3.63) is 45.1 Å². The molecule has 2 rings (SSSR count). The standard InChI is InChI=1S/C11H8ClFN2OS/c1-6-10(17-5-14-6)11(16)15-7-2-3-9(13)8(12)4-7/h2-5H,1H3,(H,15,16). The second-order valence-electron chi connectivity index (χ2n) is 3.35. The summed E-state index contributed by atoms with van der Waals surface area (Å²) in [6.07, 6.45) is 0. The molecule has 0 fully saturated rings. The maximum Gasteiger partial charge on any atom is 0.267 e. The van der Waals surface area contributed by atoms with Crippen molar-refractivity contribution in [3.63, 3.8) is 0 Å². The molecule has 2 aromatic rings. The van der Waals surface area contributed by atoms with E-state index in [1.54, 1.807) is 12.4 Å². The first-order chi connectivity index (χ1) is 8.08. The van der Waals surface area contributed by atoms with Crippen molar-refractivity contribution < 1.29 is 9.18 Å². The SMILES string of the molecule is Cc1ncsc1C(=O)Nc1ccc(F)c(Cl)c1. The van der Waals surface area contributed by atoms with Gasteiger partial charge in [0.05, 0.1) is 16.2 Å². The van der Waals surface area contributed by atoms with Gasteiger partial charge in [-0.05, 0) is 25.1 Å². The monoisotopic (exact) mass is 270 g/mol. The lowest BCUT2D eigenvalue weighted by Crippen LogP contribution is -2.11. The summed E-state index contributed by atoms with van der Waals surface area (Å²) in [7, 11) is 0. The smallest absolute Gasteiger partial charge is 0.267 e. The zero-order valence-electron chi connectivity index (χ0n) is 8.83. The minimum Gasteiger partial charge on any atom is -0.321 e. The molecule has 88 valence electrons. The quantitative estimate of drug-likeness (QED) is 0.907. The Balaban J connectivity index is 2.19. The normalized spacial score (nSPS) is 10.3. The lowest BCUT2D eigenvalue weighted by Gasteiger charge is -2.04. The molecule has 1 N–H and O–H groups in total. The summed E-state index contributed by atoms with van der Waals surface area (Å²) in [5.41, 5.74) is 2.72. The molecule has 1 heterocycles. The number of aryl methyl sites for hydroxylation is 1. The first-order valence-corrected chi connectivity index (χ1v) is 6.00. The number of hydrogen-bond acceptors (Lipinski definition) is 3. The summed E-state index contributed by atoms with van der Waals surface area (Å²) >= 11 is 6.87. The molecule has 0 radical (unpaired) electrons. The predicted molar refractivity (Wildman–Crippen MR) is 66.2 cm³/mol. The number of hydrogen-bond donors (Lipinski definition) is 1. The van der Waals surface area contributed by atoms with Gasteiger partial charge in [-0.1, -0.05) is 11.6 Å². The molecule has 0 aliphatic carbocycles. The van der Waals surface area contributed by atoms with Crippen LogP contribution in [0.1, 0.15) is 15.4 Å². The first-order valence-electron chi connectivity index (χ1n) is 4.74. The Kier molecular flexibility index (Phi) is 3.40. The highest BCUT2D eigenvalue weighted by Crippen LogP contribution is 2.21. The van der Waals surface area contributed by atoms with Gasteiger partial charge in [0.15, 0.2) is 0 Å². The van der Waals surface area contributed by atoms with E-state index in [4.69, 9.17) is 11.6 Å². The Morgan fingerprint density at radius 2 is 2.29 bits per heavy atom. The zero-order chi connectivity index (χ0) is 12.4. The second-order valence-corrected chi connectivity index (χ2v) is 4.61. The average Bonchev–Trinajstić information content (AvgIpc) is 2.70. The van der Waals surface area contributed by atoms with Crippen LogP contribution in [0.25, 0.3) is 0 Å². The largest absolute Gasteiger partial charge is 0.321 e. The average molecular weight is 271 g/mol. The Labute approximate surface area is 106 Å². The fourth-order valence-corrected chi connectivity index (χ4v) is 2.16. The van der Waals surface area contributed by atoms with Crippen LogP contribution in [0.4, 0.5) is 10.1 Å². The molecule has 17 heavy (non-hydrogen) atoms. The molecule has 1 amide bonds. The molecule has 0 spiro atoms. The number of rotatable bonds is 2. The van der Waals surface area contributed by atoms with Crippen molar-refractivity contribution in [2.24, 2.45) is 0 Å². The summed E-state index contributed by atoms with van der Waals surface area (Å²) in [6, 6.07) is 4.03. The number of aromatic nitrogens is 1. The van der Waals surface area contributed by atoms with Gasteiger partial charge in [-0.3, -0.25) is 4.79 Å². The number of nitrogens with zero attached hydrogens (tertiary/aromatic N) is 1. The molecule has 1 aromatic heterocycles. The Hall–Kier alpha value is -1.46. The number of carbonyl (C=O) groups is 1.